The summed E-state index contributed by atoms with van der Waals surface area (Å²) >= 11 is 0. The predicted molar refractivity (Wildman–Crippen MR) is 117 cm³/mol. The first kappa shape index (κ1) is 22.3. The molecular formula is C22H22F3N7O. The fourth-order valence-electron chi connectivity index (χ4n) is 3.56. The number of anilines is 2. The maximum atomic E-state index is 13.3. The van der Waals surface area contributed by atoms with Crippen LogP contribution in [0.4, 0.5) is 24.7 Å². The molecule has 0 saturated heterocycles. The number of H-pyrrole nitrogens is 1. The Kier molecular flexibility index (Phi) is 6.03. The van der Waals surface area contributed by atoms with Gasteiger partial charge in [0.1, 0.15) is 5.69 Å². The number of carbonyl (C=O) groups is 1. The van der Waals surface area contributed by atoms with Crippen molar-refractivity contribution in [2.45, 2.75) is 32.9 Å². The van der Waals surface area contributed by atoms with Crippen molar-refractivity contribution in [3.63, 3.8) is 0 Å². The van der Waals surface area contributed by atoms with Crippen LogP contribution in [0.1, 0.15) is 41.9 Å². The number of halogens is 3. The maximum absolute atomic E-state index is 13.3. The minimum absolute atomic E-state index is 0.108. The van der Waals surface area contributed by atoms with Crippen LogP contribution in [0.15, 0.2) is 43.0 Å². The van der Waals surface area contributed by atoms with Gasteiger partial charge in [0, 0.05) is 30.2 Å². The van der Waals surface area contributed by atoms with Crippen molar-refractivity contribution in [1.82, 2.24) is 29.9 Å². The summed E-state index contributed by atoms with van der Waals surface area (Å²) in [6.45, 7) is 4.54. The van der Waals surface area contributed by atoms with Crippen LogP contribution in [0.25, 0.3) is 16.9 Å². The Morgan fingerprint density at radius 3 is 2.73 bits per heavy atom. The van der Waals surface area contributed by atoms with E-state index in [4.69, 9.17) is 0 Å². The molecule has 0 bridgehead atoms. The van der Waals surface area contributed by atoms with E-state index < -0.39 is 11.9 Å². The van der Waals surface area contributed by atoms with Crippen LogP contribution in [0.3, 0.4) is 0 Å². The fraction of sp³-hybridized carbons (Fsp3) is 0.273. The van der Waals surface area contributed by atoms with E-state index in [1.807, 2.05) is 25.0 Å². The summed E-state index contributed by atoms with van der Waals surface area (Å²) in [6.07, 6.45) is 2.40. The normalized spacial score (nSPS) is 11.7. The molecule has 0 aliphatic carbocycles. The number of amides is 1. The Bertz CT molecular complexity index is 1290. The molecule has 172 valence electrons. The summed E-state index contributed by atoms with van der Waals surface area (Å²) in [4.78, 5) is 21.0. The zero-order valence-electron chi connectivity index (χ0n) is 18.0. The van der Waals surface area contributed by atoms with Gasteiger partial charge in [-0.05, 0) is 36.6 Å². The number of benzene rings is 1. The van der Waals surface area contributed by atoms with Crippen LogP contribution < -0.4 is 10.6 Å². The highest BCUT2D eigenvalue weighted by molar-refractivity contribution is 5.96. The molecule has 11 heteroatoms. The zero-order chi connectivity index (χ0) is 23.6. The Labute approximate surface area is 187 Å². The van der Waals surface area contributed by atoms with Crippen molar-refractivity contribution >= 4 is 23.1 Å². The number of hydrogen-bond donors (Lipinski definition) is 3. The van der Waals surface area contributed by atoms with Gasteiger partial charge in [0.25, 0.3) is 5.91 Å². The largest absolute Gasteiger partial charge is 0.433 e. The molecule has 4 aromatic rings. The van der Waals surface area contributed by atoms with Crippen molar-refractivity contribution in [2.24, 2.45) is 0 Å². The first-order valence-electron chi connectivity index (χ1n) is 10.4. The third-order valence-corrected chi connectivity index (χ3v) is 5.16. The number of nitrogens with one attached hydrogen (secondary N) is 3. The van der Waals surface area contributed by atoms with Crippen molar-refractivity contribution in [3.05, 3.63) is 59.8 Å². The lowest BCUT2D eigenvalue weighted by Crippen LogP contribution is -2.25. The molecule has 1 amide bonds. The Morgan fingerprint density at radius 1 is 1.18 bits per heavy atom. The smallest absolute Gasteiger partial charge is 0.352 e. The third-order valence-electron chi connectivity index (χ3n) is 5.16. The molecule has 4 rings (SSSR count). The van der Waals surface area contributed by atoms with E-state index in [2.05, 4.69) is 25.7 Å². The lowest BCUT2D eigenvalue weighted by Gasteiger charge is -2.12. The maximum Gasteiger partial charge on any atom is 0.433 e. The van der Waals surface area contributed by atoms with Gasteiger partial charge in [-0.15, -0.1) is 0 Å². The molecular weight excluding hydrogens is 435 g/mol. The Hall–Kier alpha value is -3.89. The highest BCUT2D eigenvalue weighted by atomic mass is 19.4. The minimum atomic E-state index is -4.58. The van der Waals surface area contributed by atoms with Crippen LogP contribution in [-0.4, -0.2) is 37.0 Å². The van der Waals surface area contributed by atoms with Gasteiger partial charge in [-0.2, -0.15) is 18.3 Å². The lowest BCUT2D eigenvalue weighted by molar-refractivity contribution is -0.140. The van der Waals surface area contributed by atoms with Crippen molar-refractivity contribution in [3.8, 4) is 11.3 Å². The number of carbonyl (C=O) groups excluding carboxylic acids is 1. The molecule has 3 aromatic heterocycles. The van der Waals surface area contributed by atoms with Gasteiger partial charge in [0.15, 0.2) is 11.5 Å². The molecule has 0 radical (unpaired) electrons. The fourth-order valence-corrected chi connectivity index (χ4v) is 3.56. The highest BCUT2D eigenvalue weighted by Crippen LogP contribution is 2.36. The van der Waals surface area contributed by atoms with E-state index in [1.54, 1.807) is 12.1 Å². The predicted octanol–water partition coefficient (Wildman–Crippen LogP) is 4.58. The number of nitrogens with zero attached hydrogens (tertiary/aromatic N) is 4. The summed E-state index contributed by atoms with van der Waals surface area (Å²) < 4.78 is 41.5. The Morgan fingerprint density at radius 2 is 2.00 bits per heavy atom. The summed E-state index contributed by atoms with van der Waals surface area (Å²) in [6, 6.07) is 5.35. The van der Waals surface area contributed by atoms with Crippen LogP contribution in [0.2, 0.25) is 0 Å². The Balaban J connectivity index is 1.67. The SMILES string of the molecule is CCCNC(=O)c1ccc(Nc2nccn3c(-c4cn[nH]c4C(F)(F)F)cnc23)cc1CC. The van der Waals surface area contributed by atoms with E-state index in [1.165, 1.54) is 23.0 Å². The standard InChI is InChI=1S/C22H22F3N7O/c1-3-7-27-21(33)15-6-5-14(10-13(15)4-2)30-19-20-28-12-17(32(20)9-8-26-19)16-11-29-31-18(16)22(23,24)25/h5-6,8-12H,3-4,7H2,1-2H3,(H,26,30)(H,27,33)(H,29,31). The highest BCUT2D eigenvalue weighted by Gasteiger charge is 2.36. The number of fused-ring (bicyclic) bond motifs is 1. The summed E-state index contributed by atoms with van der Waals surface area (Å²) in [5.74, 6) is 0.241. The molecule has 0 aliphatic heterocycles. The van der Waals surface area contributed by atoms with Crippen LogP contribution in [-0.2, 0) is 12.6 Å². The van der Waals surface area contributed by atoms with Crippen molar-refractivity contribution < 1.29 is 18.0 Å². The minimum Gasteiger partial charge on any atom is -0.352 e. The van der Waals surface area contributed by atoms with Gasteiger partial charge >= 0.3 is 6.18 Å². The number of rotatable bonds is 7. The molecule has 8 nitrogen and oxygen atoms in total. The van der Waals surface area contributed by atoms with Crippen molar-refractivity contribution in [1.29, 1.82) is 0 Å². The zero-order valence-corrected chi connectivity index (χ0v) is 18.0. The van der Waals surface area contributed by atoms with Gasteiger partial charge in [-0.25, -0.2) is 9.97 Å². The number of aromatic amines is 1. The first-order valence-corrected chi connectivity index (χ1v) is 10.4. The second-order valence-corrected chi connectivity index (χ2v) is 7.38. The van der Waals surface area contributed by atoms with E-state index in [0.717, 1.165) is 18.2 Å². The molecule has 0 spiro atoms. The quantitative estimate of drug-likeness (QED) is 0.377. The van der Waals surface area contributed by atoms with Crippen LogP contribution in [0.5, 0.6) is 0 Å². The molecule has 0 saturated carbocycles. The van der Waals surface area contributed by atoms with E-state index in [-0.39, 0.29) is 17.2 Å². The lowest BCUT2D eigenvalue weighted by atomic mass is 10.0. The van der Waals surface area contributed by atoms with Crippen molar-refractivity contribution in [2.75, 3.05) is 11.9 Å². The van der Waals surface area contributed by atoms with Gasteiger partial charge in [0.05, 0.1) is 23.7 Å². The number of aryl methyl sites for hydroxylation is 1. The number of alkyl halides is 3. The average molecular weight is 457 g/mol. The molecule has 0 fully saturated rings. The summed E-state index contributed by atoms with van der Waals surface area (Å²) in [7, 11) is 0. The molecule has 3 heterocycles. The number of aromatic nitrogens is 5. The van der Waals surface area contributed by atoms with E-state index >= 15 is 0 Å². The van der Waals surface area contributed by atoms with Crippen LogP contribution in [0, 0.1) is 0 Å². The first-order chi connectivity index (χ1) is 15.8. The second-order valence-electron chi connectivity index (χ2n) is 7.38. The molecule has 0 aliphatic rings. The molecule has 1 aromatic carbocycles. The molecule has 33 heavy (non-hydrogen) atoms. The third kappa shape index (κ3) is 4.38. The molecule has 3 N–H and O–H groups in total. The topological polar surface area (TPSA) is 100 Å². The van der Waals surface area contributed by atoms with E-state index in [0.29, 0.717) is 35.7 Å². The van der Waals surface area contributed by atoms with Gasteiger partial charge < -0.3 is 10.6 Å². The molecule has 0 atom stereocenters. The van der Waals surface area contributed by atoms with Gasteiger partial charge in [-0.1, -0.05) is 13.8 Å². The van der Waals surface area contributed by atoms with Crippen LogP contribution >= 0.6 is 0 Å². The van der Waals surface area contributed by atoms with Gasteiger partial charge in [-0.3, -0.25) is 14.3 Å². The second kappa shape index (κ2) is 8.93. The number of hydrogen-bond acceptors (Lipinski definition) is 5. The van der Waals surface area contributed by atoms with Gasteiger partial charge in [0.2, 0.25) is 0 Å². The van der Waals surface area contributed by atoms with E-state index in [9.17, 15) is 18.0 Å². The monoisotopic (exact) mass is 457 g/mol. The summed E-state index contributed by atoms with van der Waals surface area (Å²) in [5, 5.41) is 11.6. The summed E-state index contributed by atoms with van der Waals surface area (Å²) in [5.41, 5.74) is 1.67. The number of imidazole rings is 1. The average Bonchev–Trinajstić information content (AvgIpc) is 3.44. The molecule has 0 unspecified atom stereocenters.